The summed E-state index contributed by atoms with van der Waals surface area (Å²) in [6, 6.07) is 10.5. The molecule has 0 spiro atoms. The van der Waals surface area contributed by atoms with Crippen molar-refractivity contribution >= 4 is 33.2 Å². The van der Waals surface area contributed by atoms with Gasteiger partial charge in [-0.25, -0.2) is 4.98 Å². The minimum absolute atomic E-state index is 0.0454. The molecule has 0 amide bonds. The van der Waals surface area contributed by atoms with Crippen molar-refractivity contribution < 1.29 is 4.74 Å². The molecule has 1 unspecified atom stereocenters. The summed E-state index contributed by atoms with van der Waals surface area (Å²) in [5.74, 6) is 0.591. The second kappa shape index (κ2) is 5.28. The summed E-state index contributed by atoms with van der Waals surface area (Å²) >= 11 is 7.55. The highest BCUT2D eigenvalue weighted by Gasteiger charge is 2.23. The molecule has 0 saturated carbocycles. The minimum atomic E-state index is 0.0454. The maximum Gasteiger partial charge on any atom is 0.227 e. The Labute approximate surface area is 131 Å². The molecule has 1 aliphatic carbocycles. The van der Waals surface area contributed by atoms with Gasteiger partial charge in [0.1, 0.15) is 10.9 Å². The lowest BCUT2D eigenvalue weighted by molar-refractivity contribution is 0.178. The van der Waals surface area contributed by atoms with Crippen molar-refractivity contribution in [3.8, 4) is 5.88 Å². The van der Waals surface area contributed by atoms with Crippen LogP contribution in [0.1, 0.15) is 30.1 Å². The number of nitrogens with zero attached hydrogens (tertiary/aromatic N) is 2. The van der Waals surface area contributed by atoms with Crippen molar-refractivity contribution in [3.05, 3.63) is 52.1 Å². The molecule has 0 saturated heterocycles. The topological polar surface area (TPSA) is 35.0 Å². The summed E-state index contributed by atoms with van der Waals surface area (Å²) < 4.78 is 6.21. The van der Waals surface area contributed by atoms with Crippen molar-refractivity contribution in [2.45, 2.75) is 25.4 Å². The van der Waals surface area contributed by atoms with Crippen LogP contribution in [0.3, 0.4) is 0 Å². The summed E-state index contributed by atoms with van der Waals surface area (Å²) in [6.07, 6.45) is 3.30. The average Bonchev–Trinajstić information content (AvgIpc) is 2.96. The molecule has 3 nitrogen and oxygen atoms in total. The van der Waals surface area contributed by atoms with Gasteiger partial charge in [0.2, 0.25) is 11.2 Å². The Kier molecular flexibility index (Phi) is 3.28. The third-order valence-corrected chi connectivity index (χ3v) is 4.81. The minimum Gasteiger partial charge on any atom is -0.469 e. The van der Waals surface area contributed by atoms with Crippen LogP contribution in [0.2, 0.25) is 5.28 Å². The molecule has 1 atom stereocenters. The Bertz CT molecular complexity index is 802. The van der Waals surface area contributed by atoms with Crippen molar-refractivity contribution in [1.29, 1.82) is 0 Å². The number of hydrogen-bond donors (Lipinski definition) is 0. The van der Waals surface area contributed by atoms with Gasteiger partial charge in [0.25, 0.3) is 0 Å². The molecule has 5 heteroatoms. The van der Waals surface area contributed by atoms with Crippen LogP contribution < -0.4 is 4.74 Å². The van der Waals surface area contributed by atoms with Crippen LogP contribution in [0.4, 0.5) is 0 Å². The van der Waals surface area contributed by atoms with E-state index >= 15 is 0 Å². The van der Waals surface area contributed by atoms with Crippen molar-refractivity contribution in [3.63, 3.8) is 0 Å². The highest BCUT2D eigenvalue weighted by Crippen LogP contribution is 2.36. The largest absolute Gasteiger partial charge is 0.469 e. The van der Waals surface area contributed by atoms with Gasteiger partial charge in [-0.05, 0) is 53.4 Å². The van der Waals surface area contributed by atoms with E-state index in [1.807, 2.05) is 11.4 Å². The van der Waals surface area contributed by atoms with Crippen molar-refractivity contribution in [2.75, 3.05) is 0 Å². The number of aryl methyl sites for hydroxylation is 1. The maximum absolute atomic E-state index is 6.21. The van der Waals surface area contributed by atoms with Gasteiger partial charge in [0.15, 0.2) is 0 Å². The Morgan fingerprint density at radius 2 is 2.10 bits per heavy atom. The lowest BCUT2D eigenvalue weighted by atomic mass is 9.89. The third-order valence-electron chi connectivity index (χ3n) is 3.83. The zero-order valence-electron chi connectivity index (χ0n) is 11.3. The van der Waals surface area contributed by atoms with E-state index in [0.29, 0.717) is 5.88 Å². The number of benzene rings is 1. The molecule has 1 aromatic carbocycles. The summed E-state index contributed by atoms with van der Waals surface area (Å²) in [5, 5.41) is 3.16. The van der Waals surface area contributed by atoms with E-state index in [9.17, 15) is 0 Å². The summed E-state index contributed by atoms with van der Waals surface area (Å²) in [6.45, 7) is 0. The highest BCUT2D eigenvalue weighted by molar-refractivity contribution is 7.16. The SMILES string of the molecule is Clc1nc(OC2CCCc3ccccc32)c2ccsc2n1. The van der Waals surface area contributed by atoms with Crippen LogP contribution in [-0.2, 0) is 6.42 Å². The van der Waals surface area contributed by atoms with Gasteiger partial charge >= 0.3 is 0 Å². The lowest BCUT2D eigenvalue weighted by Crippen LogP contribution is -2.15. The number of rotatable bonds is 2. The number of thiophene rings is 1. The van der Waals surface area contributed by atoms with Crippen LogP contribution in [0.15, 0.2) is 35.7 Å². The second-order valence-corrected chi connectivity index (χ2v) is 6.37. The molecule has 4 rings (SSSR count). The second-order valence-electron chi connectivity index (χ2n) is 5.13. The van der Waals surface area contributed by atoms with E-state index < -0.39 is 0 Å². The zero-order valence-corrected chi connectivity index (χ0v) is 12.8. The highest BCUT2D eigenvalue weighted by atomic mass is 35.5. The van der Waals surface area contributed by atoms with Crippen molar-refractivity contribution in [2.24, 2.45) is 0 Å². The van der Waals surface area contributed by atoms with Crippen LogP contribution in [0.25, 0.3) is 10.2 Å². The van der Waals surface area contributed by atoms with Gasteiger partial charge in [-0.15, -0.1) is 11.3 Å². The van der Waals surface area contributed by atoms with Gasteiger partial charge in [-0.2, -0.15) is 4.98 Å². The number of halogens is 1. The van der Waals surface area contributed by atoms with Crippen LogP contribution >= 0.6 is 22.9 Å². The summed E-state index contributed by atoms with van der Waals surface area (Å²) in [4.78, 5) is 9.38. The molecular weight excluding hydrogens is 304 g/mol. The molecule has 0 bridgehead atoms. The Hall–Kier alpha value is -1.65. The van der Waals surface area contributed by atoms with Crippen LogP contribution in [-0.4, -0.2) is 9.97 Å². The van der Waals surface area contributed by atoms with Crippen LogP contribution in [0.5, 0.6) is 5.88 Å². The molecule has 106 valence electrons. The monoisotopic (exact) mass is 316 g/mol. The molecule has 21 heavy (non-hydrogen) atoms. The number of fused-ring (bicyclic) bond motifs is 2. The molecule has 0 radical (unpaired) electrons. The zero-order chi connectivity index (χ0) is 14.2. The number of aromatic nitrogens is 2. The number of hydrogen-bond acceptors (Lipinski definition) is 4. The van der Waals surface area contributed by atoms with E-state index in [4.69, 9.17) is 16.3 Å². The first-order valence-electron chi connectivity index (χ1n) is 6.96. The van der Waals surface area contributed by atoms with Gasteiger partial charge < -0.3 is 4.74 Å². The van der Waals surface area contributed by atoms with Crippen LogP contribution in [0, 0.1) is 0 Å². The standard InChI is InChI=1S/C16H13ClN2OS/c17-16-18-14(12-8-9-21-15(12)19-16)20-13-7-3-5-10-4-1-2-6-11(10)13/h1-2,4,6,8-9,13H,3,5,7H2. The van der Waals surface area contributed by atoms with Crippen molar-refractivity contribution in [1.82, 2.24) is 9.97 Å². The summed E-state index contributed by atoms with van der Waals surface area (Å²) in [7, 11) is 0. The van der Waals surface area contributed by atoms with Gasteiger partial charge in [0.05, 0.1) is 5.39 Å². The smallest absolute Gasteiger partial charge is 0.227 e. The molecule has 0 fully saturated rings. The molecule has 2 aromatic heterocycles. The van der Waals surface area contributed by atoms with E-state index in [1.54, 1.807) is 11.3 Å². The molecule has 2 heterocycles. The molecule has 1 aliphatic rings. The van der Waals surface area contributed by atoms with E-state index in [2.05, 4.69) is 34.2 Å². The third kappa shape index (κ3) is 2.39. The quantitative estimate of drug-likeness (QED) is 0.637. The molecule has 0 aliphatic heterocycles. The molecule has 0 N–H and O–H groups in total. The Morgan fingerprint density at radius 1 is 1.19 bits per heavy atom. The Balaban J connectivity index is 1.74. The fourth-order valence-electron chi connectivity index (χ4n) is 2.86. The van der Waals surface area contributed by atoms with Gasteiger partial charge in [-0.1, -0.05) is 24.3 Å². The predicted molar refractivity (Wildman–Crippen MR) is 85.2 cm³/mol. The Morgan fingerprint density at radius 3 is 3.05 bits per heavy atom. The van der Waals surface area contributed by atoms with E-state index in [-0.39, 0.29) is 11.4 Å². The molecular formula is C16H13ClN2OS. The molecule has 3 aromatic rings. The normalized spacial score (nSPS) is 17.7. The predicted octanol–water partition coefficient (Wildman–Crippen LogP) is 4.80. The first-order valence-corrected chi connectivity index (χ1v) is 8.22. The number of ether oxygens (including phenoxy) is 1. The first-order chi connectivity index (χ1) is 10.3. The lowest BCUT2D eigenvalue weighted by Gasteiger charge is -2.26. The van der Waals surface area contributed by atoms with E-state index in [0.717, 1.165) is 29.5 Å². The fraction of sp³-hybridized carbons (Fsp3) is 0.250. The first kappa shape index (κ1) is 13.0. The average molecular weight is 317 g/mol. The maximum atomic E-state index is 6.21. The van der Waals surface area contributed by atoms with E-state index in [1.165, 1.54) is 11.1 Å². The summed E-state index contributed by atoms with van der Waals surface area (Å²) in [5.41, 5.74) is 2.64. The van der Waals surface area contributed by atoms with Gasteiger partial charge in [-0.3, -0.25) is 0 Å². The van der Waals surface area contributed by atoms with Gasteiger partial charge in [0, 0.05) is 0 Å². The fourth-order valence-corrected chi connectivity index (χ4v) is 3.83.